The third kappa shape index (κ3) is 3.87. The van der Waals surface area contributed by atoms with Gasteiger partial charge < -0.3 is 14.9 Å². The van der Waals surface area contributed by atoms with Gasteiger partial charge in [0.05, 0.1) is 25.4 Å². The summed E-state index contributed by atoms with van der Waals surface area (Å²) in [5, 5.41) is 17.8. The van der Waals surface area contributed by atoms with E-state index in [0.717, 1.165) is 4.31 Å². The first kappa shape index (κ1) is 15.8. The minimum Gasteiger partial charge on any atom is -0.395 e. The van der Waals surface area contributed by atoms with Crippen molar-refractivity contribution in [1.82, 2.24) is 8.61 Å². The maximum atomic E-state index is 12.3. The van der Waals surface area contributed by atoms with Gasteiger partial charge in [-0.2, -0.15) is 17.0 Å². The molecule has 7 nitrogen and oxygen atoms in total. The number of aliphatic hydroxyl groups is 2. The van der Waals surface area contributed by atoms with Crippen LogP contribution >= 0.6 is 0 Å². The average Bonchev–Trinajstić information content (AvgIpc) is 2.27. The third-order valence-corrected chi connectivity index (χ3v) is 4.71. The van der Waals surface area contributed by atoms with Crippen LogP contribution in [0.15, 0.2) is 0 Å². The summed E-state index contributed by atoms with van der Waals surface area (Å²) in [6, 6.07) is 0. The van der Waals surface area contributed by atoms with Gasteiger partial charge in [0.25, 0.3) is 10.2 Å². The fourth-order valence-electron chi connectivity index (χ4n) is 2.05. The SMILES string of the molecule is CC1CN(S(=O)(=O)N(CCO)CCO)CC(C)O1. The van der Waals surface area contributed by atoms with E-state index < -0.39 is 10.2 Å². The Hall–Kier alpha value is -0.250. The molecule has 0 amide bonds. The summed E-state index contributed by atoms with van der Waals surface area (Å²) in [5.74, 6) is 0. The highest BCUT2D eigenvalue weighted by molar-refractivity contribution is 7.86. The van der Waals surface area contributed by atoms with Crippen molar-refractivity contribution < 1.29 is 23.4 Å². The molecular formula is C10H22N2O5S. The first-order valence-corrected chi connectivity index (χ1v) is 7.44. The van der Waals surface area contributed by atoms with Crippen molar-refractivity contribution in [3.05, 3.63) is 0 Å². The maximum Gasteiger partial charge on any atom is 0.282 e. The van der Waals surface area contributed by atoms with Crippen LogP contribution in [0.5, 0.6) is 0 Å². The van der Waals surface area contributed by atoms with Crippen LogP contribution in [-0.4, -0.2) is 78.8 Å². The second kappa shape index (κ2) is 6.78. The number of morpholine rings is 1. The highest BCUT2D eigenvalue weighted by atomic mass is 32.2. The van der Waals surface area contributed by atoms with Crippen LogP contribution in [0.3, 0.4) is 0 Å². The van der Waals surface area contributed by atoms with Crippen LogP contribution < -0.4 is 0 Å². The van der Waals surface area contributed by atoms with Crippen molar-refractivity contribution >= 4 is 10.2 Å². The monoisotopic (exact) mass is 282 g/mol. The zero-order chi connectivity index (χ0) is 13.8. The molecule has 1 heterocycles. The van der Waals surface area contributed by atoms with Gasteiger partial charge in [0, 0.05) is 26.2 Å². The van der Waals surface area contributed by atoms with Crippen molar-refractivity contribution in [2.45, 2.75) is 26.1 Å². The van der Waals surface area contributed by atoms with Gasteiger partial charge in [-0.3, -0.25) is 0 Å². The Morgan fingerprint density at radius 2 is 1.61 bits per heavy atom. The fourth-order valence-corrected chi connectivity index (χ4v) is 3.80. The normalized spacial score (nSPS) is 26.7. The number of nitrogens with zero attached hydrogens (tertiary/aromatic N) is 2. The van der Waals surface area contributed by atoms with Gasteiger partial charge in [0.2, 0.25) is 0 Å². The van der Waals surface area contributed by atoms with E-state index in [9.17, 15) is 8.42 Å². The van der Waals surface area contributed by atoms with Gasteiger partial charge in [-0.05, 0) is 13.8 Å². The van der Waals surface area contributed by atoms with E-state index in [-0.39, 0.29) is 38.5 Å². The molecule has 0 aromatic heterocycles. The number of aliphatic hydroxyl groups excluding tert-OH is 2. The highest BCUT2D eigenvalue weighted by Crippen LogP contribution is 2.17. The van der Waals surface area contributed by atoms with E-state index in [2.05, 4.69) is 0 Å². The minimum atomic E-state index is -3.65. The van der Waals surface area contributed by atoms with Gasteiger partial charge in [0.15, 0.2) is 0 Å². The molecule has 2 atom stereocenters. The molecule has 0 spiro atoms. The van der Waals surface area contributed by atoms with Gasteiger partial charge in [-0.15, -0.1) is 0 Å². The Morgan fingerprint density at radius 3 is 2.00 bits per heavy atom. The number of hydrogen-bond donors (Lipinski definition) is 2. The Kier molecular flexibility index (Phi) is 5.96. The van der Waals surface area contributed by atoms with E-state index in [0.29, 0.717) is 13.1 Å². The zero-order valence-corrected chi connectivity index (χ0v) is 11.6. The van der Waals surface area contributed by atoms with E-state index in [1.165, 1.54) is 4.31 Å². The number of rotatable bonds is 6. The Balaban J connectivity index is 2.82. The van der Waals surface area contributed by atoms with Gasteiger partial charge in [0.1, 0.15) is 0 Å². The van der Waals surface area contributed by atoms with E-state index >= 15 is 0 Å². The third-order valence-electron chi connectivity index (χ3n) is 2.74. The van der Waals surface area contributed by atoms with E-state index in [4.69, 9.17) is 14.9 Å². The smallest absolute Gasteiger partial charge is 0.282 e. The molecule has 108 valence electrons. The second-order valence-corrected chi connectivity index (χ2v) is 6.36. The Morgan fingerprint density at radius 1 is 1.17 bits per heavy atom. The summed E-state index contributed by atoms with van der Waals surface area (Å²) in [6.45, 7) is 3.66. The lowest BCUT2D eigenvalue weighted by Crippen LogP contribution is -2.53. The topological polar surface area (TPSA) is 90.3 Å². The Labute approximate surface area is 108 Å². The van der Waals surface area contributed by atoms with Crippen LogP contribution in [0.25, 0.3) is 0 Å². The molecule has 0 saturated carbocycles. The molecule has 0 aromatic carbocycles. The lowest BCUT2D eigenvalue weighted by Gasteiger charge is -2.37. The molecule has 1 saturated heterocycles. The fraction of sp³-hybridized carbons (Fsp3) is 1.00. The van der Waals surface area contributed by atoms with E-state index in [1.807, 2.05) is 13.8 Å². The first-order chi connectivity index (χ1) is 8.41. The minimum absolute atomic E-state index is 0.0109. The lowest BCUT2D eigenvalue weighted by molar-refractivity contribution is -0.0456. The van der Waals surface area contributed by atoms with Gasteiger partial charge in [-0.25, -0.2) is 0 Å². The average molecular weight is 282 g/mol. The van der Waals surface area contributed by atoms with Gasteiger partial charge >= 0.3 is 0 Å². The van der Waals surface area contributed by atoms with E-state index in [1.54, 1.807) is 0 Å². The molecule has 1 rings (SSSR count). The molecule has 1 aliphatic rings. The summed E-state index contributed by atoms with van der Waals surface area (Å²) in [7, 11) is -3.65. The van der Waals surface area contributed by atoms with Crippen molar-refractivity contribution in [3.8, 4) is 0 Å². The summed E-state index contributed by atoms with van der Waals surface area (Å²) < 4.78 is 32.6. The molecule has 1 fully saturated rings. The first-order valence-electron chi connectivity index (χ1n) is 6.04. The van der Waals surface area contributed by atoms with Crippen molar-refractivity contribution in [2.75, 3.05) is 39.4 Å². The predicted octanol–water partition coefficient (Wildman–Crippen LogP) is -1.37. The van der Waals surface area contributed by atoms with Crippen LogP contribution in [0.4, 0.5) is 0 Å². The van der Waals surface area contributed by atoms with Crippen LogP contribution in [0, 0.1) is 0 Å². The Bertz CT molecular complexity index is 332. The maximum absolute atomic E-state index is 12.3. The number of ether oxygens (including phenoxy) is 1. The molecule has 18 heavy (non-hydrogen) atoms. The molecule has 2 N–H and O–H groups in total. The molecule has 0 bridgehead atoms. The van der Waals surface area contributed by atoms with Crippen molar-refractivity contribution in [1.29, 1.82) is 0 Å². The number of hydrogen-bond acceptors (Lipinski definition) is 5. The standard InChI is InChI=1S/C10H22N2O5S/c1-9-7-12(8-10(2)17-9)18(15,16)11(3-5-13)4-6-14/h9-10,13-14H,3-8H2,1-2H3. The molecule has 8 heteroatoms. The van der Waals surface area contributed by atoms with Crippen LogP contribution in [0.1, 0.15) is 13.8 Å². The quantitative estimate of drug-likeness (QED) is 0.627. The summed E-state index contributed by atoms with van der Waals surface area (Å²) in [5.41, 5.74) is 0. The predicted molar refractivity (Wildman–Crippen MR) is 66.2 cm³/mol. The summed E-state index contributed by atoms with van der Waals surface area (Å²) >= 11 is 0. The largest absolute Gasteiger partial charge is 0.395 e. The molecule has 1 aliphatic heterocycles. The summed E-state index contributed by atoms with van der Waals surface area (Å²) in [6.07, 6.45) is -0.317. The molecule has 0 aliphatic carbocycles. The second-order valence-electron chi connectivity index (χ2n) is 4.43. The molecular weight excluding hydrogens is 260 g/mol. The van der Waals surface area contributed by atoms with Crippen molar-refractivity contribution in [3.63, 3.8) is 0 Å². The summed E-state index contributed by atoms with van der Waals surface area (Å²) in [4.78, 5) is 0. The van der Waals surface area contributed by atoms with Crippen LogP contribution in [-0.2, 0) is 14.9 Å². The molecule has 2 unspecified atom stereocenters. The van der Waals surface area contributed by atoms with Gasteiger partial charge in [-0.1, -0.05) is 0 Å². The molecule has 0 aromatic rings. The zero-order valence-electron chi connectivity index (χ0n) is 10.8. The molecule has 0 radical (unpaired) electrons. The van der Waals surface area contributed by atoms with Crippen LogP contribution in [0.2, 0.25) is 0 Å². The highest BCUT2D eigenvalue weighted by Gasteiger charge is 2.34. The van der Waals surface area contributed by atoms with Crippen molar-refractivity contribution in [2.24, 2.45) is 0 Å². The lowest BCUT2D eigenvalue weighted by atomic mass is 10.3.